The van der Waals surface area contributed by atoms with Crippen molar-refractivity contribution in [1.29, 1.82) is 0 Å². The average Bonchev–Trinajstić information content (AvgIpc) is 2.87. The maximum absolute atomic E-state index is 11.6. The quantitative estimate of drug-likeness (QED) is 0.688. The normalized spacial score (nSPS) is 39.4. The Kier molecular flexibility index (Phi) is 2.79. The van der Waals surface area contributed by atoms with Crippen molar-refractivity contribution in [2.24, 2.45) is 0 Å². The first-order valence-electron chi connectivity index (χ1n) is 5.94. The van der Waals surface area contributed by atoms with E-state index >= 15 is 0 Å². The van der Waals surface area contributed by atoms with E-state index in [4.69, 9.17) is 17.0 Å². The fourth-order valence-electron chi connectivity index (χ4n) is 2.89. The summed E-state index contributed by atoms with van der Waals surface area (Å²) in [5, 5.41) is 3.80. The molecule has 0 spiro atoms. The molecule has 96 valence electrons. The lowest BCUT2D eigenvalue weighted by Gasteiger charge is -2.25. The largest absolute Gasteiger partial charge is 0.376 e. The molecule has 5 nitrogen and oxygen atoms in total. The molecule has 3 fully saturated rings. The molecule has 0 radical (unpaired) electrons. The van der Waals surface area contributed by atoms with Gasteiger partial charge in [-0.05, 0) is 25.1 Å². The molecule has 3 aliphatic rings. The molecular formula is C10H16N2O3S2. The topological polar surface area (TPSA) is 58.6 Å². The number of fused-ring (bicyclic) bond motifs is 1. The van der Waals surface area contributed by atoms with E-state index in [0.29, 0.717) is 5.11 Å². The molecule has 3 atom stereocenters. The summed E-state index contributed by atoms with van der Waals surface area (Å²) in [5.41, 5.74) is 0. The second kappa shape index (κ2) is 4.07. The average molecular weight is 276 g/mol. The predicted molar refractivity (Wildman–Crippen MR) is 67.6 cm³/mol. The van der Waals surface area contributed by atoms with Crippen LogP contribution in [0.5, 0.6) is 0 Å². The van der Waals surface area contributed by atoms with Crippen molar-refractivity contribution in [3.05, 3.63) is 0 Å². The van der Waals surface area contributed by atoms with Crippen molar-refractivity contribution in [2.75, 3.05) is 24.7 Å². The van der Waals surface area contributed by atoms with Crippen LogP contribution in [0.2, 0.25) is 0 Å². The van der Waals surface area contributed by atoms with E-state index in [9.17, 15) is 8.42 Å². The Morgan fingerprint density at radius 1 is 1.47 bits per heavy atom. The molecule has 0 aromatic rings. The summed E-state index contributed by atoms with van der Waals surface area (Å²) in [4.78, 5) is 2.01. The molecular weight excluding hydrogens is 260 g/mol. The highest BCUT2D eigenvalue weighted by Crippen LogP contribution is 2.26. The lowest BCUT2D eigenvalue weighted by Crippen LogP contribution is -2.41. The van der Waals surface area contributed by atoms with Gasteiger partial charge < -0.3 is 15.0 Å². The third-order valence-corrected chi connectivity index (χ3v) is 5.79. The van der Waals surface area contributed by atoms with Crippen LogP contribution in [0.15, 0.2) is 0 Å². The van der Waals surface area contributed by atoms with Gasteiger partial charge in [0.1, 0.15) is 0 Å². The maximum Gasteiger partial charge on any atom is 0.169 e. The van der Waals surface area contributed by atoms with E-state index in [1.54, 1.807) is 0 Å². The molecule has 3 heterocycles. The van der Waals surface area contributed by atoms with Crippen molar-refractivity contribution in [1.82, 2.24) is 10.2 Å². The van der Waals surface area contributed by atoms with Crippen molar-refractivity contribution < 1.29 is 13.2 Å². The Balaban J connectivity index is 1.72. The zero-order valence-corrected chi connectivity index (χ0v) is 11.1. The lowest BCUT2D eigenvalue weighted by atomic mass is 10.1. The van der Waals surface area contributed by atoms with Crippen LogP contribution < -0.4 is 5.32 Å². The van der Waals surface area contributed by atoms with Gasteiger partial charge in [0.2, 0.25) is 0 Å². The first-order chi connectivity index (χ1) is 8.05. The Labute approximate surface area is 106 Å². The molecule has 0 saturated carbocycles. The highest BCUT2D eigenvalue weighted by atomic mass is 32.2. The number of nitrogens with zero attached hydrogens (tertiary/aromatic N) is 1. The van der Waals surface area contributed by atoms with Crippen LogP contribution in [0.25, 0.3) is 0 Å². The number of sulfone groups is 1. The molecule has 3 unspecified atom stereocenters. The highest BCUT2D eigenvalue weighted by molar-refractivity contribution is 7.91. The highest BCUT2D eigenvalue weighted by Gasteiger charge is 2.47. The second-order valence-electron chi connectivity index (χ2n) is 4.99. The van der Waals surface area contributed by atoms with E-state index in [0.717, 1.165) is 26.0 Å². The molecule has 3 saturated heterocycles. The smallest absolute Gasteiger partial charge is 0.169 e. The van der Waals surface area contributed by atoms with Gasteiger partial charge >= 0.3 is 0 Å². The fourth-order valence-corrected chi connectivity index (χ4v) is 5.17. The lowest BCUT2D eigenvalue weighted by molar-refractivity contribution is 0.0874. The summed E-state index contributed by atoms with van der Waals surface area (Å²) in [5.74, 6) is 0.428. The number of hydrogen-bond acceptors (Lipinski definition) is 4. The standard InChI is InChI=1S/C10H16N2O3S2/c13-17(14)5-8-9(6-17)12(10(16)11-8)4-7-2-1-3-15-7/h7-9H,1-6H2,(H,11,16). The van der Waals surface area contributed by atoms with Crippen molar-refractivity contribution in [3.8, 4) is 0 Å². The summed E-state index contributed by atoms with van der Waals surface area (Å²) >= 11 is 5.27. The molecule has 0 bridgehead atoms. The molecule has 0 amide bonds. The van der Waals surface area contributed by atoms with E-state index in [1.807, 2.05) is 4.90 Å². The summed E-state index contributed by atoms with van der Waals surface area (Å²) in [6.45, 7) is 1.54. The van der Waals surface area contributed by atoms with Crippen LogP contribution in [-0.4, -0.2) is 61.3 Å². The molecule has 1 N–H and O–H groups in total. The Hall–Kier alpha value is -0.400. The van der Waals surface area contributed by atoms with Gasteiger partial charge in [-0.25, -0.2) is 8.42 Å². The number of ether oxygens (including phenoxy) is 1. The molecule has 0 aromatic carbocycles. The number of hydrogen-bond donors (Lipinski definition) is 1. The van der Waals surface area contributed by atoms with Crippen molar-refractivity contribution >= 4 is 27.2 Å². The molecule has 3 aliphatic heterocycles. The first kappa shape index (κ1) is 11.7. The van der Waals surface area contributed by atoms with Crippen LogP contribution in [-0.2, 0) is 14.6 Å². The van der Waals surface area contributed by atoms with Gasteiger partial charge in [-0.15, -0.1) is 0 Å². The molecule has 17 heavy (non-hydrogen) atoms. The van der Waals surface area contributed by atoms with E-state index in [-0.39, 0.29) is 29.7 Å². The Bertz CT molecular complexity index is 431. The number of rotatable bonds is 2. The summed E-state index contributed by atoms with van der Waals surface area (Å²) in [7, 11) is -2.90. The van der Waals surface area contributed by atoms with E-state index < -0.39 is 9.84 Å². The van der Waals surface area contributed by atoms with Crippen molar-refractivity contribution in [2.45, 2.75) is 31.0 Å². The number of thiocarbonyl (C=S) groups is 1. The molecule has 7 heteroatoms. The van der Waals surface area contributed by atoms with Crippen LogP contribution in [0.4, 0.5) is 0 Å². The van der Waals surface area contributed by atoms with Gasteiger partial charge in [-0.3, -0.25) is 0 Å². The van der Waals surface area contributed by atoms with Gasteiger partial charge in [0.25, 0.3) is 0 Å². The van der Waals surface area contributed by atoms with Gasteiger partial charge in [-0.2, -0.15) is 0 Å². The molecule has 0 aliphatic carbocycles. The van der Waals surface area contributed by atoms with Gasteiger partial charge in [-0.1, -0.05) is 0 Å². The SMILES string of the molecule is O=S1(=O)CC2NC(=S)N(CC3CCCO3)C2C1. The van der Waals surface area contributed by atoms with Crippen LogP contribution in [0.3, 0.4) is 0 Å². The zero-order valence-electron chi connectivity index (χ0n) is 9.46. The third-order valence-electron chi connectivity index (χ3n) is 3.72. The zero-order chi connectivity index (χ0) is 12.0. The first-order valence-corrected chi connectivity index (χ1v) is 8.17. The summed E-state index contributed by atoms with van der Waals surface area (Å²) < 4.78 is 28.8. The predicted octanol–water partition coefficient (Wildman–Crippen LogP) is -0.479. The van der Waals surface area contributed by atoms with Gasteiger partial charge in [0, 0.05) is 13.2 Å². The Morgan fingerprint density at radius 3 is 3.00 bits per heavy atom. The van der Waals surface area contributed by atoms with Crippen LogP contribution >= 0.6 is 12.2 Å². The van der Waals surface area contributed by atoms with Crippen LogP contribution in [0.1, 0.15) is 12.8 Å². The minimum absolute atomic E-state index is 0.0108. The summed E-state index contributed by atoms with van der Waals surface area (Å²) in [6, 6.07) is -0.00870. The van der Waals surface area contributed by atoms with Gasteiger partial charge in [0.15, 0.2) is 14.9 Å². The monoisotopic (exact) mass is 276 g/mol. The van der Waals surface area contributed by atoms with E-state index in [2.05, 4.69) is 5.32 Å². The fraction of sp³-hybridized carbons (Fsp3) is 0.900. The molecule has 0 aromatic heterocycles. The number of nitrogens with one attached hydrogen (secondary N) is 1. The van der Waals surface area contributed by atoms with Crippen LogP contribution in [0, 0.1) is 0 Å². The summed E-state index contributed by atoms with van der Waals surface area (Å²) in [6.07, 6.45) is 2.34. The minimum atomic E-state index is -2.90. The van der Waals surface area contributed by atoms with Crippen molar-refractivity contribution in [3.63, 3.8) is 0 Å². The second-order valence-corrected chi connectivity index (χ2v) is 7.53. The van der Waals surface area contributed by atoms with Gasteiger partial charge in [0.05, 0.1) is 29.7 Å². The minimum Gasteiger partial charge on any atom is -0.376 e. The maximum atomic E-state index is 11.6. The van der Waals surface area contributed by atoms with E-state index in [1.165, 1.54) is 0 Å². The Morgan fingerprint density at radius 2 is 2.29 bits per heavy atom. The third kappa shape index (κ3) is 2.15. The molecule has 3 rings (SSSR count).